The Hall–Kier alpha value is -1.46. The second-order valence-corrected chi connectivity index (χ2v) is 4.71. The van der Waals surface area contributed by atoms with Crippen molar-refractivity contribution in [1.82, 2.24) is 9.55 Å². The predicted octanol–water partition coefficient (Wildman–Crippen LogP) is 2.32. The number of hydrogen-bond donors (Lipinski definition) is 1. The monoisotopic (exact) mass is 263 g/mol. The number of nitrogens with zero attached hydrogens (tertiary/aromatic N) is 2. The lowest BCUT2D eigenvalue weighted by Gasteiger charge is -2.08. The van der Waals surface area contributed by atoms with Crippen molar-refractivity contribution in [2.45, 2.75) is 12.1 Å². The van der Waals surface area contributed by atoms with E-state index in [9.17, 15) is 0 Å². The number of thioether (sulfide) groups is 1. The van der Waals surface area contributed by atoms with Crippen molar-refractivity contribution in [1.29, 1.82) is 0 Å². The third-order valence-electron chi connectivity index (χ3n) is 2.38. The standard InChI is InChI=1S/C13H17N3OS/c1-2-17-12-5-3-11(4-6-12)16-9-8-15-13(16)18-10-7-14/h3-6,8-9H,2,7,10,14H2,1H3. The van der Waals surface area contributed by atoms with E-state index in [0.29, 0.717) is 13.2 Å². The van der Waals surface area contributed by atoms with Crippen LogP contribution in [0.1, 0.15) is 6.92 Å². The van der Waals surface area contributed by atoms with Gasteiger partial charge in [0.25, 0.3) is 0 Å². The van der Waals surface area contributed by atoms with E-state index < -0.39 is 0 Å². The molecule has 2 aromatic rings. The Morgan fingerprint density at radius 2 is 2.11 bits per heavy atom. The van der Waals surface area contributed by atoms with E-state index in [1.165, 1.54) is 0 Å². The highest BCUT2D eigenvalue weighted by molar-refractivity contribution is 7.99. The summed E-state index contributed by atoms with van der Waals surface area (Å²) in [6.07, 6.45) is 3.75. The molecule has 0 amide bonds. The minimum Gasteiger partial charge on any atom is -0.494 e. The lowest BCUT2D eigenvalue weighted by molar-refractivity contribution is 0.340. The van der Waals surface area contributed by atoms with Crippen molar-refractivity contribution < 1.29 is 4.74 Å². The lowest BCUT2D eigenvalue weighted by Crippen LogP contribution is -2.03. The van der Waals surface area contributed by atoms with Gasteiger partial charge in [-0.2, -0.15) is 0 Å². The first kappa shape index (κ1) is 13.0. The molecule has 5 heteroatoms. The summed E-state index contributed by atoms with van der Waals surface area (Å²) < 4.78 is 7.48. The molecule has 0 saturated carbocycles. The molecular weight excluding hydrogens is 246 g/mol. The van der Waals surface area contributed by atoms with Crippen molar-refractivity contribution in [2.24, 2.45) is 5.73 Å². The van der Waals surface area contributed by atoms with Crippen LogP contribution < -0.4 is 10.5 Å². The maximum atomic E-state index is 5.51. The minimum atomic E-state index is 0.654. The fraction of sp³-hybridized carbons (Fsp3) is 0.308. The maximum absolute atomic E-state index is 5.51. The molecule has 0 aliphatic rings. The molecule has 1 aromatic carbocycles. The van der Waals surface area contributed by atoms with E-state index in [-0.39, 0.29) is 0 Å². The van der Waals surface area contributed by atoms with Gasteiger partial charge in [-0.15, -0.1) is 0 Å². The van der Waals surface area contributed by atoms with E-state index in [0.717, 1.165) is 22.3 Å². The van der Waals surface area contributed by atoms with Crippen molar-refractivity contribution >= 4 is 11.8 Å². The Bertz CT molecular complexity index is 481. The normalized spacial score (nSPS) is 10.6. The molecule has 96 valence electrons. The van der Waals surface area contributed by atoms with Crippen molar-refractivity contribution in [3.63, 3.8) is 0 Å². The number of ether oxygens (including phenoxy) is 1. The Labute approximate surface area is 111 Å². The largest absolute Gasteiger partial charge is 0.494 e. The third-order valence-corrected chi connectivity index (χ3v) is 3.38. The summed E-state index contributed by atoms with van der Waals surface area (Å²) in [5, 5.41) is 0.963. The minimum absolute atomic E-state index is 0.654. The second kappa shape index (κ2) is 6.47. The zero-order chi connectivity index (χ0) is 12.8. The van der Waals surface area contributed by atoms with Gasteiger partial charge in [-0.05, 0) is 31.2 Å². The predicted molar refractivity (Wildman–Crippen MR) is 74.5 cm³/mol. The molecule has 1 aromatic heterocycles. The molecule has 0 radical (unpaired) electrons. The molecule has 2 rings (SSSR count). The highest BCUT2D eigenvalue weighted by atomic mass is 32.2. The van der Waals surface area contributed by atoms with Gasteiger partial charge in [0, 0.05) is 30.4 Å². The van der Waals surface area contributed by atoms with Gasteiger partial charge in [0.1, 0.15) is 5.75 Å². The van der Waals surface area contributed by atoms with Crippen LogP contribution in [0.15, 0.2) is 41.8 Å². The number of rotatable bonds is 6. The summed E-state index contributed by atoms with van der Waals surface area (Å²) in [4.78, 5) is 4.33. The van der Waals surface area contributed by atoms with E-state index in [1.807, 2.05) is 37.4 Å². The van der Waals surface area contributed by atoms with Crippen molar-refractivity contribution in [3.05, 3.63) is 36.7 Å². The Balaban J connectivity index is 2.17. The van der Waals surface area contributed by atoms with Crippen LogP contribution >= 0.6 is 11.8 Å². The summed E-state index contributed by atoms with van der Waals surface area (Å²) in [5.41, 5.74) is 6.59. The maximum Gasteiger partial charge on any atom is 0.172 e. The summed E-state index contributed by atoms with van der Waals surface area (Å²) in [6.45, 7) is 3.31. The Kier molecular flexibility index (Phi) is 4.66. The molecular formula is C13H17N3OS. The molecule has 0 aliphatic heterocycles. The third kappa shape index (κ3) is 3.05. The van der Waals surface area contributed by atoms with E-state index in [4.69, 9.17) is 10.5 Å². The Morgan fingerprint density at radius 3 is 2.78 bits per heavy atom. The van der Waals surface area contributed by atoms with Gasteiger partial charge < -0.3 is 10.5 Å². The van der Waals surface area contributed by atoms with Crippen LogP contribution in [0.5, 0.6) is 5.75 Å². The number of nitrogens with two attached hydrogens (primary N) is 1. The first-order valence-corrected chi connectivity index (χ1v) is 6.93. The molecule has 2 N–H and O–H groups in total. The summed E-state index contributed by atoms with van der Waals surface area (Å²) in [7, 11) is 0. The van der Waals surface area contributed by atoms with Crippen LogP contribution in [0.25, 0.3) is 5.69 Å². The molecule has 0 saturated heterocycles. The molecule has 0 bridgehead atoms. The first-order valence-electron chi connectivity index (χ1n) is 5.94. The van der Waals surface area contributed by atoms with E-state index >= 15 is 0 Å². The number of hydrogen-bond acceptors (Lipinski definition) is 4. The number of benzene rings is 1. The Morgan fingerprint density at radius 1 is 1.33 bits per heavy atom. The van der Waals surface area contributed by atoms with Gasteiger partial charge in [0.15, 0.2) is 5.16 Å². The topological polar surface area (TPSA) is 53.1 Å². The molecule has 0 unspecified atom stereocenters. The fourth-order valence-electron chi connectivity index (χ4n) is 1.61. The van der Waals surface area contributed by atoms with Gasteiger partial charge in [-0.25, -0.2) is 4.98 Å². The lowest BCUT2D eigenvalue weighted by atomic mass is 10.3. The van der Waals surface area contributed by atoms with Crippen LogP contribution in [0, 0.1) is 0 Å². The van der Waals surface area contributed by atoms with Gasteiger partial charge in [-0.1, -0.05) is 11.8 Å². The average molecular weight is 263 g/mol. The second-order valence-electron chi connectivity index (χ2n) is 3.64. The van der Waals surface area contributed by atoms with Crippen molar-refractivity contribution in [2.75, 3.05) is 18.9 Å². The highest BCUT2D eigenvalue weighted by Gasteiger charge is 2.05. The van der Waals surface area contributed by atoms with Gasteiger partial charge in [-0.3, -0.25) is 4.57 Å². The molecule has 0 fully saturated rings. The average Bonchev–Trinajstić information content (AvgIpc) is 2.86. The highest BCUT2D eigenvalue weighted by Crippen LogP contribution is 2.21. The number of aromatic nitrogens is 2. The van der Waals surface area contributed by atoms with Crippen LogP contribution in [-0.4, -0.2) is 28.5 Å². The molecule has 0 spiro atoms. The summed E-state index contributed by atoms with van der Waals surface area (Å²) >= 11 is 1.66. The molecule has 18 heavy (non-hydrogen) atoms. The van der Waals surface area contributed by atoms with Crippen LogP contribution in [0.4, 0.5) is 0 Å². The smallest absolute Gasteiger partial charge is 0.172 e. The zero-order valence-electron chi connectivity index (χ0n) is 10.4. The molecule has 0 atom stereocenters. The van der Waals surface area contributed by atoms with Crippen LogP contribution in [0.2, 0.25) is 0 Å². The zero-order valence-corrected chi connectivity index (χ0v) is 11.2. The summed E-state index contributed by atoms with van der Waals surface area (Å²) in [5.74, 6) is 1.76. The molecule has 1 heterocycles. The van der Waals surface area contributed by atoms with Crippen molar-refractivity contribution in [3.8, 4) is 11.4 Å². The van der Waals surface area contributed by atoms with E-state index in [1.54, 1.807) is 18.0 Å². The quantitative estimate of drug-likeness (QED) is 0.813. The molecule has 0 aliphatic carbocycles. The van der Waals surface area contributed by atoms with E-state index in [2.05, 4.69) is 9.55 Å². The van der Waals surface area contributed by atoms with Crippen LogP contribution in [0.3, 0.4) is 0 Å². The van der Waals surface area contributed by atoms with Crippen LogP contribution in [-0.2, 0) is 0 Å². The van der Waals surface area contributed by atoms with Gasteiger partial charge >= 0.3 is 0 Å². The van der Waals surface area contributed by atoms with Gasteiger partial charge in [0.2, 0.25) is 0 Å². The molecule has 4 nitrogen and oxygen atoms in total. The number of imidazole rings is 1. The SMILES string of the molecule is CCOc1ccc(-n2ccnc2SCCN)cc1. The summed E-state index contributed by atoms with van der Waals surface area (Å²) in [6, 6.07) is 7.99. The van der Waals surface area contributed by atoms with Gasteiger partial charge in [0.05, 0.1) is 6.61 Å². The first-order chi connectivity index (χ1) is 8.85. The fourth-order valence-corrected chi connectivity index (χ4v) is 2.35.